The van der Waals surface area contributed by atoms with E-state index < -0.39 is 0 Å². The van der Waals surface area contributed by atoms with E-state index in [4.69, 9.17) is 4.74 Å². The monoisotopic (exact) mass is 314 g/mol. The first-order valence-electron chi connectivity index (χ1n) is 5.88. The first-order valence-corrected chi connectivity index (χ1v) is 6.67. The van der Waals surface area contributed by atoms with Gasteiger partial charge in [0.25, 0.3) is 5.56 Å². The number of ether oxygens (including phenoxy) is 1. The van der Waals surface area contributed by atoms with Crippen molar-refractivity contribution in [1.29, 1.82) is 0 Å². The summed E-state index contributed by atoms with van der Waals surface area (Å²) >= 11 is 3.28. The molecule has 0 spiro atoms. The number of pyridine rings is 1. The minimum Gasteiger partial charge on any atom is -0.381 e. The number of carbonyl (C=O) groups is 1. The third-order valence-electron chi connectivity index (χ3n) is 2.85. The van der Waals surface area contributed by atoms with Crippen LogP contribution in [0.3, 0.4) is 0 Å². The lowest BCUT2D eigenvalue weighted by Crippen LogP contribution is -2.41. The predicted molar refractivity (Wildman–Crippen MR) is 70.4 cm³/mol. The summed E-state index contributed by atoms with van der Waals surface area (Å²) in [5, 5.41) is 2.92. The minimum atomic E-state index is -0.180. The normalized spacial score (nSPS) is 16.5. The van der Waals surface area contributed by atoms with Gasteiger partial charge in [-0.3, -0.25) is 9.59 Å². The van der Waals surface area contributed by atoms with Gasteiger partial charge in [-0.05, 0) is 34.8 Å². The lowest BCUT2D eigenvalue weighted by molar-refractivity contribution is -0.123. The van der Waals surface area contributed by atoms with Crippen molar-refractivity contribution in [3.05, 3.63) is 33.2 Å². The van der Waals surface area contributed by atoms with Crippen LogP contribution < -0.4 is 10.9 Å². The van der Waals surface area contributed by atoms with Crippen LogP contribution in [0.2, 0.25) is 0 Å². The van der Waals surface area contributed by atoms with Crippen LogP contribution >= 0.6 is 15.9 Å². The average Bonchev–Trinajstić information content (AvgIpc) is 2.35. The predicted octanol–water partition coefficient (Wildman–Crippen LogP) is 0.906. The molecule has 1 amide bonds. The van der Waals surface area contributed by atoms with E-state index in [1.54, 1.807) is 12.3 Å². The van der Waals surface area contributed by atoms with E-state index in [-0.39, 0.29) is 24.1 Å². The minimum absolute atomic E-state index is 0.0512. The van der Waals surface area contributed by atoms with E-state index in [1.165, 1.54) is 10.6 Å². The zero-order chi connectivity index (χ0) is 13.0. The molecule has 0 radical (unpaired) electrons. The first kappa shape index (κ1) is 13.3. The Labute approximate surface area is 113 Å². The van der Waals surface area contributed by atoms with Crippen molar-refractivity contribution in [3.8, 4) is 0 Å². The fourth-order valence-corrected chi connectivity index (χ4v) is 2.27. The molecule has 5 nitrogen and oxygen atoms in total. The molecule has 1 aromatic rings. The highest BCUT2D eigenvalue weighted by Gasteiger charge is 2.16. The highest BCUT2D eigenvalue weighted by atomic mass is 79.9. The molecule has 18 heavy (non-hydrogen) atoms. The molecule has 0 saturated carbocycles. The molecule has 6 heteroatoms. The summed E-state index contributed by atoms with van der Waals surface area (Å²) in [5.74, 6) is -0.137. The number of carbonyl (C=O) groups excluding carboxylic acids is 1. The van der Waals surface area contributed by atoms with Crippen molar-refractivity contribution >= 4 is 21.8 Å². The SMILES string of the molecule is O=C(Cn1cc(Br)ccc1=O)NC1CCOCC1. The van der Waals surface area contributed by atoms with Crippen molar-refractivity contribution in [2.24, 2.45) is 0 Å². The van der Waals surface area contributed by atoms with Crippen LogP contribution in [0.25, 0.3) is 0 Å². The van der Waals surface area contributed by atoms with Gasteiger partial charge >= 0.3 is 0 Å². The van der Waals surface area contributed by atoms with Gasteiger partial charge in [0.05, 0.1) is 0 Å². The number of nitrogens with zero attached hydrogens (tertiary/aromatic N) is 1. The van der Waals surface area contributed by atoms with Crippen LogP contribution in [-0.4, -0.2) is 29.7 Å². The van der Waals surface area contributed by atoms with Crippen LogP contribution in [-0.2, 0) is 16.1 Å². The van der Waals surface area contributed by atoms with Gasteiger partial charge in [-0.1, -0.05) is 0 Å². The smallest absolute Gasteiger partial charge is 0.251 e. The Hall–Kier alpha value is -1.14. The molecule has 2 rings (SSSR count). The Morgan fingerprint density at radius 1 is 1.44 bits per heavy atom. The van der Waals surface area contributed by atoms with Crippen LogP contribution in [0.15, 0.2) is 27.6 Å². The van der Waals surface area contributed by atoms with Crippen LogP contribution in [0.5, 0.6) is 0 Å². The lowest BCUT2D eigenvalue weighted by atomic mass is 10.1. The second-order valence-electron chi connectivity index (χ2n) is 4.27. The molecule has 1 aliphatic heterocycles. The molecule has 1 N–H and O–H groups in total. The largest absolute Gasteiger partial charge is 0.381 e. The van der Waals surface area contributed by atoms with E-state index in [9.17, 15) is 9.59 Å². The highest BCUT2D eigenvalue weighted by molar-refractivity contribution is 9.10. The van der Waals surface area contributed by atoms with Crippen LogP contribution in [0, 0.1) is 0 Å². The molecule has 0 aromatic carbocycles. The molecule has 0 atom stereocenters. The number of hydrogen-bond acceptors (Lipinski definition) is 3. The van der Waals surface area contributed by atoms with Crippen LogP contribution in [0.4, 0.5) is 0 Å². The molecular weight excluding hydrogens is 300 g/mol. The Bertz CT molecular complexity index is 480. The molecule has 0 aliphatic carbocycles. The number of rotatable bonds is 3. The summed E-state index contributed by atoms with van der Waals surface area (Å²) in [7, 11) is 0. The van der Waals surface area contributed by atoms with Gasteiger partial charge in [-0.15, -0.1) is 0 Å². The number of hydrogen-bond donors (Lipinski definition) is 1. The quantitative estimate of drug-likeness (QED) is 0.902. The Balaban J connectivity index is 1.94. The summed E-state index contributed by atoms with van der Waals surface area (Å²) < 4.78 is 7.39. The van der Waals surface area contributed by atoms with Gasteiger partial charge in [0.1, 0.15) is 6.54 Å². The van der Waals surface area contributed by atoms with Crippen molar-refractivity contribution in [2.45, 2.75) is 25.4 Å². The Morgan fingerprint density at radius 2 is 2.17 bits per heavy atom. The second kappa shape index (κ2) is 6.15. The van der Waals surface area contributed by atoms with E-state index in [1.807, 2.05) is 0 Å². The molecule has 1 saturated heterocycles. The lowest BCUT2D eigenvalue weighted by Gasteiger charge is -2.23. The molecule has 0 unspecified atom stereocenters. The summed E-state index contributed by atoms with van der Waals surface area (Å²) in [6.07, 6.45) is 3.28. The van der Waals surface area contributed by atoms with E-state index in [0.717, 1.165) is 17.3 Å². The van der Waals surface area contributed by atoms with Gasteiger partial charge in [0, 0.05) is 36.0 Å². The van der Waals surface area contributed by atoms with Crippen molar-refractivity contribution in [3.63, 3.8) is 0 Å². The Kier molecular flexibility index (Phi) is 4.54. The zero-order valence-electron chi connectivity index (χ0n) is 9.89. The fourth-order valence-electron chi connectivity index (χ4n) is 1.90. The summed E-state index contributed by atoms with van der Waals surface area (Å²) in [4.78, 5) is 23.4. The number of nitrogens with one attached hydrogen (secondary N) is 1. The third-order valence-corrected chi connectivity index (χ3v) is 3.32. The summed E-state index contributed by atoms with van der Waals surface area (Å²) in [6, 6.07) is 3.26. The number of aromatic nitrogens is 1. The van der Waals surface area contributed by atoms with Crippen molar-refractivity contribution < 1.29 is 9.53 Å². The second-order valence-corrected chi connectivity index (χ2v) is 5.18. The van der Waals surface area contributed by atoms with E-state index in [0.29, 0.717) is 13.2 Å². The average molecular weight is 315 g/mol. The molecule has 0 bridgehead atoms. The highest BCUT2D eigenvalue weighted by Crippen LogP contribution is 2.07. The Morgan fingerprint density at radius 3 is 2.89 bits per heavy atom. The number of halogens is 1. The van der Waals surface area contributed by atoms with E-state index in [2.05, 4.69) is 21.2 Å². The molecule has 1 aliphatic rings. The van der Waals surface area contributed by atoms with Gasteiger partial charge in [0.2, 0.25) is 5.91 Å². The van der Waals surface area contributed by atoms with Gasteiger partial charge in [-0.25, -0.2) is 0 Å². The van der Waals surface area contributed by atoms with Crippen molar-refractivity contribution in [1.82, 2.24) is 9.88 Å². The topological polar surface area (TPSA) is 60.3 Å². The zero-order valence-corrected chi connectivity index (χ0v) is 11.5. The molecule has 2 heterocycles. The maximum absolute atomic E-state index is 11.8. The first-order chi connectivity index (χ1) is 8.65. The standard InChI is InChI=1S/C12H15BrN2O3/c13-9-1-2-12(17)15(7-9)8-11(16)14-10-3-5-18-6-4-10/h1-2,7,10H,3-6,8H2,(H,14,16). The molecule has 1 aromatic heterocycles. The summed E-state index contributed by atoms with van der Waals surface area (Å²) in [5.41, 5.74) is -0.180. The van der Waals surface area contributed by atoms with Crippen LogP contribution in [0.1, 0.15) is 12.8 Å². The van der Waals surface area contributed by atoms with Gasteiger partial charge < -0.3 is 14.6 Å². The summed E-state index contributed by atoms with van der Waals surface area (Å²) in [6.45, 7) is 1.42. The molecule has 98 valence electrons. The maximum Gasteiger partial charge on any atom is 0.251 e. The molecule has 1 fully saturated rings. The van der Waals surface area contributed by atoms with Gasteiger partial charge in [0.15, 0.2) is 0 Å². The molecular formula is C12H15BrN2O3. The van der Waals surface area contributed by atoms with Gasteiger partial charge in [-0.2, -0.15) is 0 Å². The van der Waals surface area contributed by atoms with E-state index >= 15 is 0 Å². The number of amides is 1. The van der Waals surface area contributed by atoms with Crippen molar-refractivity contribution in [2.75, 3.05) is 13.2 Å². The third kappa shape index (κ3) is 3.68. The maximum atomic E-state index is 11.8. The fraction of sp³-hybridized carbons (Fsp3) is 0.500.